The lowest BCUT2D eigenvalue weighted by molar-refractivity contribution is -0.136. The molecule has 0 saturated heterocycles. The summed E-state index contributed by atoms with van der Waals surface area (Å²) in [4.78, 5) is 12.0. The molecular weight excluding hydrogens is 276 g/mol. The lowest BCUT2D eigenvalue weighted by Crippen LogP contribution is -2.57. The Kier molecular flexibility index (Phi) is 4.46. The highest BCUT2D eigenvalue weighted by Gasteiger charge is 2.59. The Hall–Kier alpha value is -0.110. The molecule has 0 amide bonds. The number of carbonyl (C=O) groups excluding carboxylic acids is 1. The fraction of sp³-hybridized carbons (Fsp3) is 0.800. The Labute approximate surface area is 113 Å². The summed E-state index contributed by atoms with van der Waals surface area (Å²) < 4.78 is -0.185. The van der Waals surface area contributed by atoms with Gasteiger partial charge in [-0.1, -0.05) is 73.5 Å². The van der Waals surface area contributed by atoms with E-state index in [4.69, 9.17) is 0 Å². The van der Waals surface area contributed by atoms with E-state index in [0.29, 0.717) is 17.6 Å². The van der Waals surface area contributed by atoms with Crippen LogP contribution < -0.4 is 0 Å². The molecule has 17 heavy (non-hydrogen) atoms. The highest BCUT2D eigenvalue weighted by Crippen LogP contribution is 2.54. The maximum absolute atomic E-state index is 12.0. The summed E-state index contributed by atoms with van der Waals surface area (Å²) in [6.07, 6.45) is 14.2. The molecule has 0 aromatic heterocycles. The summed E-state index contributed by atoms with van der Waals surface area (Å²) in [5.74, 6) is 1.26. The maximum Gasteiger partial charge on any atom is 0.154 e. The number of rotatable bonds is 7. The van der Waals surface area contributed by atoms with E-state index in [0.717, 1.165) is 12.8 Å². The Morgan fingerprint density at radius 1 is 1.29 bits per heavy atom. The van der Waals surface area contributed by atoms with Gasteiger partial charge in [-0.15, -0.1) is 0 Å². The predicted molar refractivity (Wildman–Crippen MR) is 75.4 cm³/mol. The summed E-state index contributed by atoms with van der Waals surface area (Å²) in [6, 6.07) is 0. The number of allylic oxidation sites excluding steroid dienone is 2. The number of alkyl halides is 1. The number of halogens is 1. The number of carbonyl (C=O) groups is 1. The van der Waals surface area contributed by atoms with E-state index >= 15 is 0 Å². The van der Waals surface area contributed by atoms with Gasteiger partial charge in [0.15, 0.2) is 5.78 Å². The first-order valence-electron chi connectivity index (χ1n) is 7.10. The molecule has 2 rings (SSSR count). The summed E-state index contributed by atoms with van der Waals surface area (Å²) >= 11 is 3.72. The predicted octanol–water partition coefficient (Wildman–Crippen LogP) is 4.65. The van der Waals surface area contributed by atoms with E-state index < -0.39 is 0 Å². The third kappa shape index (κ3) is 2.52. The summed E-state index contributed by atoms with van der Waals surface area (Å²) in [5.41, 5.74) is 0. The molecule has 0 aromatic rings. The average Bonchev–Trinajstić information content (AvgIpc) is 2.79. The maximum atomic E-state index is 12.0. The number of hydrogen-bond donors (Lipinski definition) is 0. The van der Waals surface area contributed by atoms with Gasteiger partial charge < -0.3 is 0 Å². The minimum atomic E-state index is -0.185. The molecule has 2 heteroatoms. The second-order valence-electron chi connectivity index (χ2n) is 5.54. The van der Waals surface area contributed by atoms with E-state index in [-0.39, 0.29) is 4.32 Å². The van der Waals surface area contributed by atoms with Crippen molar-refractivity contribution in [3.63, 3.8) is 0 Å². The lowest BCUT2D eigenvalue weighted by atomic mass is 9.63. The van der Waals surface area contributed by atoms with Crippen LogP contribution >= 0.6 is 15.9 Å². The first kappa shape index (κ1) is 13.3. The molecule has 2 aliphatic rings. The van der Waals surface area contributed by atoms with Crippen molar-refractivity contribution in [3.8, 4) is 0 Å². The molecule has 1 fully saturated rings. The van der Waals surface area contributed by atoms with E-state index in [9.17, 15) is 4.79 Å². The zero-order valence-corrected chi connectivity index (χ0v) is 12.3. The van der Waals surface area contributed by atoms with Crippen LogP contribution in [0.1, 0.15) is 58.3 Å². The van der Waals surface area contributed by atoms with E-state index in [1.165, 1.54) is 38.5 Å². The lowest BCUT2D eigenvalue weighted by Gasteiger charge is -2.46. The quantitative estimate of drug-likeness (QED) is 0.380. The number of hydrogen-bond acceptors (Lipinski definition) is 1. The van der Waals surface area contributed by atoms with Gasteiger partial charge in [-0.25, -0.2) is 0 Å². The smallest absolute Gasteiger partial charge is 0.154 e. The van der Waals surface area contributed by atoms with E-state index in [1.54, 1.807) is 0 Å². The Morgan fingerprint density at radius 3 is 2.76 bits per heavy atom. The second-order valence-corrected chi connectivity index (χ2v) is 6.96. The SMILES string of the molecule is CCCCCCCC[C@@]1(Br)C(=O)[C@@H]2CC=C[C@@H]21. The van der Waals surface area contributed by atoms with Gasteiger partial charge in [0.05, 0.1) is 4.32 Å². The zero-order chi connectivity index (χ0) is 12.3. The van der Waals surface area contributed by atoms with E-state index in [2.05, 4.69) is 35.0 Å². The second kappa shape index (κ2) is 5.69. The molecule has 0 heterocycles. The van der Waals surface area contributed by atoms with Crippen LogP contribution in [0.25, 0.3) is 0 Å². The minimum Gasteiger partial charge on any atom is -0.298 e. The zero-order valence-electron chi connectivity index (χ0n) is 10.8. The highest BCUT2D eigenvalue weighted by molar-refractivity contribution is 9.10. The van der Waals surface area contributed by atoms with Gasteiger partial charge in [0.25, 0.3) is 0 Å². The molecule has 1 saturated carbocycles. The standard InChI is InChI=1S/C15H23BrO/c1-2-3-4-5-6-7-11-15(16)13-10-8-9-12(13)14(15)17/h8,10,12-13H,2-7,9,11H2,1H3/t12-,13+,15+/m1/s1. The van der Waals surface area contributed by atoms with Crippen LogP contribution in [0.15, 0.2) is 12.2 Å². The van der Waals surface area contributed by atoms with Crippen molar-refractivity contribution in [2.75, 3.05) is 0 Å². The molecule has 0 aliphatic heterocycles. The van der Waals surface area contributed by atoms with Crippen molar-refractivity contribution in [2.45, 2.75) is 62.6 Å². The monoisotopic (exact) mass is 298 g/mol. The number of unbranched alkanes of at least 4 members (excludes halogenated alkanes) is 5. The van der Waals surface area contributed by atoms with Gasteiger partial charge in [0, 0.05) is 11.8 Å². The number of ketones is 1. The fourth-order valence-electron chi connectivity index (χ4n) is 3.22. The molecule has 0 N–H and O–H groups in total. The fourth-order valence-corrected chi connectivity index (χ4v) is 4.27. The van der Waals surface area contributed by atoms with Crippen LogP contribution in [0, 0.1) is 11.8 Å². The van der Waals surface area contributed by atoms with Crippen molar-refractivity contribution in [2.24, 2.45) is 11.8 Å². The van der Waals surface area contributed by atoms with Gasteiger partial charge in [-0.2, -0.15) is 0 Å². The molecule has 0 radical (unpaired) electrons. The third-order valence-corrected chi connectivity index (χ3v) is 5.65. The minimum absolute atomic E-state index is 0.185. The highest BCUT2D eigenvalue weighted by atomic mass is 79.9. The van der Waals surface area contributed by atoms with E-state index in [1.807, 2.05) is 0 Å². The summed E-state index contributed by atoms with van der Waals surface area (Å²) in [7, 11) is 0. The Balaban J connectivity index is 1.68. The van der Waals surface area contributed by atoms with Gasteiger partial charge in [0.1, 0.15) is 0 Å². The van der Waals surface area contributed by atoms with Crippen molar-refractivity contribution >= 4 is 21.7 Å². The normalized spacial score (nSPS) is 34.8. The molecule has 0 spiro atoms. The molecule has 2 aliphatic carbocycles. The van der Waals surface area contributed by atoms with Gasteiger partial charge >= 0.3 is 0 Å². The van der Waals surface area contributed by atoms with Crippen LogP contribution in [-0.4, -0.2) is 10.1 Å². The topological polar surface area (TPSA) is 17.1 Å². The molecule has 0 unspecified atom stereocenters. The van der Waals surface area contributed by atoms with Crippen LogP contribution in [-0.2, 0) is 4.79 Å². The molecule has 0 bridgehead atoms. The first-order chi connectivity index (χ1) is 8.20. The molecular formula is C15H23BrO. The van der Waals surface area contributed by atoms with Gasteiger partial charge in [-0.3, -0.25) is 4.79 Å². The van der Waals surface area contributed by atoms with Gasteiger partial charge in [0.2, 0.25) is 0 Å². The largest absolute Gasteiger partial charge is 0.298 e. The molecule has 1 nitrogen and oxygen atoms in total. The Bertz CT molecular complexity index is 310. The van der Waals surface area contributed by atoms with Crippen LogP contribution in [0.4, 0.5) is 0 Å². The number of Topliss-reactive ketones (excluding diaryl/α,β-unsaturated/α-hetero) is 1. The van der Waals surface area contributed by atoms with Crippen molar-refractivity contribution in [1.82, 2.24) is 0 Å². The first-order valence-corrected chi connectivity index (χ1v) is 7.89. The summed E-state index contributed by atoms with van der Waals surface area (Å²) in [5, 5.41) is 0. The Morgan fingerprint density at radius 2 is 2.00 bits per heavy atom. The average molecular weight is 299 g/mol. The van der Waals surface area contributed by atoms with Crippen molar-refractivity contribution in [3.05, 3.63) is 12.2 Å². The third-order valence-electron chi connectivity index (χ3n) is 4.34. The van der Waals surface area contributed by atoms with Crippen LogP contribution in [0.5, 0.6) is 0 Å². The molecule has 0 aromatic carbocycles. The van der Waals surface area contributed by atoms with Crippen LogP contribution in [0.3, 0.4) is 0 Å². The van der Waals surface area contributed by atoms with Gasteiger partial charge in [-0.05, 0) is 12.8 Å². The van der Waals surface area contributed by atoms with Crippen molar-refractivity contribution in [1.29, 1.82) is 0 Å². The van der Waals surface area contributed by atoms with Crippen molar-refractivity contribution < 1.29 is 4.79 Å². The molecule has 96 valence electrons. The number of fused-ring (bicyclic) bond motifs is 1. The molecule has 3 atom stereocenters. The summed E-state index contributed by atoms with van der Waals surface area (Å²) in [6.45, 7) is 2.24. The van der Waals surface area contributed by atoms with Crippen LogP contribution in [0.2, 0.25) is 0 Å².